The van der Waals surface area contributed by atoms with Gasteiger partial charge < -0.3 is 15.6 Å². The van der Waals surface area contributed by atoms with Crippen molar-refractivity contribution in [3.63, 3.8) is 0 Å². The lowest BCUT2D eigenvalue weighted by Gasteiger charge is -2.25. The quantitative estimate of drug-likeness (QED) is 0.726. The number of pyridine rings is 1. The third kappa shape index (κ3) is 2.48. The maximum Gasteiger partial charge on any atom is 0.208 e. The minimum atomic E-state index is -0.735. The first kappa shape index (κ1) is 12.0. The Bertz CT molecular complexity index is 235. The molecule has 0 aliphatic carbocycles. The molecule has 0 spiro atoms. The fourth-order valence-electron chi connectivity index (χ4n) is 0.924. The number of rotatable bonds is 3. The summed E-state index contributed by atoms with van der Waals surface area (Å²) in [7, 11) is 3.19. The third-order valence-electron chi connectivity index (χ3n) is 1.91. The second-order valence-corrected chi connectivity index (χ2v) is 2.57. The molecule has 13 heavy (non-hydrogen) atoms. The first-order valence-corrected chi connectivity index (χ1v) is 3.75. The number of nitrogens with zero attached hydrogens (tertiary/aromatic N) is 1. The smallest absolute Gasteiger partial charge is 0.208 e. The van der Waals surface area contributed by atoms with Gasteiger partial charge in [0.05, 0.1) is 5.69 Å². The van der Waals surface area contributed by atoms with Crippen molar-refractivity contribution >= 4 is 0 Å². The molecule has 0 fully saturated rings. The lowest BCUT2D eigenvalue weighted by Crippen LogP contribution is -2.27. The molecule has 0 radical (unpaired) electrons. The Morgan fingerprint density at radius 3 is 2.23 bits per heavy atom. The highest BCUT2D eigenvalue weighted by Gasteiger charge is 2.26. The molecule has 74 valence electrons. The first-order chi connectivity index (χ1) is 5.73. The van der Waals surface area contributed by atoms with E-state index in [0.29, 0.717) is 0 Å². The highest BCUT2D eigenvalue weighted by atomic mass is 16.7. The van der Waals surface area contributed by atoms with Crippen LogP contribution in [0.5, 0.6) is 0 Å². The van der Waals surface area contributed by atoms with Crippen LogP contribution in [-0.4, -0.2) is 19.2 Å². The van der Waals surface area contributed by atoms with Gasteiger partial charge in [0.2, 0.25) is 5.79 Å². The topological polar surface area (TPSA) is 66.3 Å². The average molecular weight is 184 g/mol. The summed E-state index contributed by atoms with van der Waals surface area (Å²) in [6.07, 6.45) is 1.71. The van der Waals surface area contributed by atoms with Crippen LogP contribution in [0, 0.1) is 0 Å². The van der Waals surface area contributed by atoms with Gasteiger partial charge in [-0.3, -0.25) is 4.98 Å². The number of methoxy groups -OCH3 is 2. The van der Waals surface area contributed by atoms with Gasteiger partial charge in [-0.1, -0.05) is 6.07 Å². The first-order valence-electron chi connectivity index (χ1n) is 3.75. The predicted molar refractivity (Wildman–Crippen MR) is 50.6 cm³/mol. The minimum Gasteiger partial charge on any atom is -0.348 e. The molecule has 4 heteroatoms. The van der Waals surface area contributed by atoms with E-state index in [4.69, 9.17) is 9.47 Å². The largest absolute Gasteiger partial charge is 0.348 e. The summed E-state index contributed by atoms with van der Waals surface area (Å²) < 4.78 is 10.4. The molecule has 1 rings (SSSR count). The van der Waals surface area contributed by atoms with Crippen LogP contribution in [0.3, 0.4) is 0 Å². The number of ether oxygens (including phenoxy) is 2. The molecule has 0 bridgehead atoms. The molecule has 3 N–H and O–H groups in total. The summed E-state index contributed by atoms with van der Waals surface area (Å²) in [6, 6.07) is 5.63. The fraction of sp³-hybridized carbons (Fsp3) is 0.444. The highest BCUT2D eigenvalue weighted by molar-refractivity contribution is 5.09. The van der Waals surface area contributed by atoms with Crippen molar-refractivity contribution in [3.8, 4) is 0 Å². The monoisotopic (exact) mass is 184 g/mol. The Balaban J connectivity index is 0.00000144. The van der Waals surface area contributed by atoms with E-state index in [0.717, 1.165) is 5.69 Å². The van der Waals surface area contributed by atoms with Crippen molar-refractivity contribution in [2.75, 3.05) is 14.2 Å². The van der Waals surface area contributed by atoms with Crippen molar-refractivity contribution < 1.29 is 9.47 Å². The van der Waals surface area contributed by atoms with E-state index in [-0.39, 0.29) is 6.15 Å². The Morgan fingerprint density at radius 1 is 1.23 bits per heavy atom. The van der Waals surface area contributed by atoms with Gasteiger partial charge in [0.25, 0.3) is 0 Å². The van der Waals surface area contributed by atoms with E-state index in [9.17, 15) is 0 Å². The molecule has 0 aliphatic rings. The Kier molecular flexibility index (Phi) is 4.55. The maximum absolute atomic E-state index is 5.19. The van der Waals surface area contributed by atoms with E-state index in [2.05, 4.69) is 4.98 Å². The predicted octanol–water partition coefficient (Wildman–Crippen LogP) is 1.71. The molecular weight excluding hydrogens is 168 g/mol. The van der Waals surface area contributed by atoms with Crippen LogP contribution in [0.4, 0.5) is 0 Å². The standard InChI is InChI=1S/C9H13NO2.H3N/c1-9(11-2,12-3)8-6-4-5-7-10-8;/h4-7H,1-3H3;1H3. The Morgan fingerprint density at radius 2 is 1.85 bits per heavy atom. The zero-order valence-electron chi connectivity index (χ0n) is 8.28. The summed E-state index contributed by atoms with van der Waals surface area (Å²) in [4.78, 5) is 4.14. The van der Waals surface area contributed by atoms with E-state index < -0.39 is 5.79 Å². The van der Waals surface area contributed by atoms with Crippen LogP contribution in [0.1, 0.15) is 12.6 Å². The molecule has 1 heterocycles. The molecule has 0 saturated heterocycles. The molecule has 0 unspecified atom stereocenters. The molecule has 0 amide bonds. The minimum absolute atomic E-state index is 0. The van der Waals surface area contributed by atoms with Crippen molar-refractivity contribution in [1.29, 1.82) is 0 Å². The van der Waals surface area contributed by atoms with Crippen molar-refractivity contribution in [1.82, 2.24) is 11.1 Å². The molecule has 4 nitrogen and oxygen atoms in total. The Labute approximate surface area is 78.5 Å². The molecule has 1 aromatic heterocycles. The van der Waals surface area contributed by atoms with Crippen molar-refractivity contribution in [3.05, 3.63) is 30.1 Å². The lowest BCUT2D eigenvalue weighted by atomic mass is 10.2. The lowest BCUT2D eigenvalue weighted by molar-refractivity contribution is -0.204. The summed E-state index contributed by atoms with van der Waals surface area (Å²) in [6.45, 7) is 1.83. The van der Waals surface area contributed by atoms with Gasteiger partial charge in [0.15, 0.2) is 0 Å². The van der Waals surface area contributed by atoms with Gasteiger partial charge >= 0.3 is 0 Å². The van der Waals surface area contributed by atoms with Crippen LogP contribution >= 0.6 is 0 Å². The van der Waals surface area contributed by atoms with Crippen LogP contribution in [0.2, 0.25) is 0 Å². The summed E-state index contributed by atoms with van der Waals surface area (Å²) in [5, 5.41) is 0. The Hall–Kier alpha value is -0.970. The zero-order chi connectivity index (χ0) is 9.03. The SMILES string of the molecule is COC(C)(OC)c1ccccn1.N. The van der Waals surface area contributed by atoms with Crippen LogP contribution < -0.4 is 6.15 Å². The maximum atomic E-state index is 5.19. The van der Waals surface area contributed by atoms with Crippen molar-refractivity contribution in [2.45, 2.75) is 12.7 Å². The average Bonchev–Trinajstić information content (AvgIpc) is 2.18. The summed E-state index contributed by atoms with van der Waals surface area (Å²) >= 11 is 0. The molecule has 0 saturated carbocycles. The van der Waals surface area contributed by atoms with E-state index in [1.54, 1.807) is 20.4 Å². The van der Waals surface area contributed by atoms with Gasteiger partial charge in [-0.15, -0.1) is 0 Å². The van der Waals surface area contributed by atoms with E-state index >= 15 is 0 Å². The fourth-order valence-corrected chi connectivity index (χ4v) is 0.924. The normalized spacial score (nSPS) is 10.7. The molecule has 0 aromatic carbocycles. The number of aromatic nitrogens is 1. The second-order valence-electron chi connectivity index (χ2n) is 2.57. The van der Waals surface area contributed by atoms with Gasteiger partial charge in [-0.2, -0.15) is 0 Å². The summed E-state index contributed by atoms with van der Waals surface area (Å²) in [5.74, 6) is -0.735. The number of hydrogen-bond acceptors (Lipinski definition) is 4. The van der Waals surface area contributed by atoms with Gasteiger partial charge in [0, 0.05) is 20.4 Å². The van der Waals surface area contributed by atoms with Crippen LogP contribution in [-0.2, 0) is 15.3 Å². The number of hydrogen-bond donors (Lipinski definition) is 1. The van der Waals surface area contributed by atoms with E-state index in [1.807, 2.05) is 25.1 Å². The molecular formula is C9H16N2O2. The highest BCUT2D eigenvalue weighted by Crippen LogP contribution is 2.22. The van der Waals surface area contributed by atoms with Crippen LogP contribution in [0.15, 0.2) is 24.4 Å². The zero-order valence-corrected chi connectivity index (χ0v) is 8.28. The third-order valence-corrected chi connectivity index (χ3v) is 1.91. The molecule has 0 aliphatic heterocycles. The molecule has 0 atom stereocenters. The van der Waals surface area contributed by atoms with E-state index in [1.165, 1.54) is 0 Å². The van der Waals surface area contributed by atoms with Gasteiger partial charge in [0.1, 0.15) is 0 Å². The van der Waals surface area contributed by atoms with Gasteiger partial charge in [-0.25, -0.2) is 0 Å². The van der Waals surface area contributed by atoms with Crippen molar-refractivity contribution in [2.24, 2.45) is 0 Å². The van der Waals surface area contributed by atoms with Crippen LogP contribution in [0.25, 0.3) is 0 Å². The summed E-state index contributed by atoms with van der Waals surface area (Å²) in [5.41, 5.74) is 0.773. The van der Waals surface area contributed by atoms with Gasteiger partial charge in [-0.05, 0) is 19.1 Å². The molecule has 1 aromatic rings. The second kappa shape index (κ2) is 4.91.